The molecule has 2 aromatic carbocycles. The number of ketones is 1. The first-order chi connectivity index (χ1) is 12.0. The number of Topliss-reactive ketones (excluding diaryl/α,β-unsaturated/α-hetero) is 1. The maximum Gasteiger partial charge on any atom is 0.340 e. The van der Waals surface area contributed by atoms with Gasteiger partial charge in [0, 0.05) is 10.9 Å². The van der Waals surface area contributed by atoms with Crippen LogP contribution in [0.5, 0.6) is 0 Å². The summed E-state index contributed by atoms with van der Waals surface area (Å²) in [6.07, 6.45) is 0. The van der Waals surface area contributed by atoms with Gasteiger partial charge in [-0.2, -0.15) is 0 Å². The van der Waals surface area contributed by atoms with E-state index in [2.05, 4.69) is 4.98 Å². The van der Waals surface area contributed by atoms with Crippen molar-refractivity contribution in [2.45, 2.75) is 20.8 Å². The summed E-state index contributed by atoms with van der Waals surface area (Å²) in [5.74, 6) is -0.744. The van der Waals surface area contributed by atoms with Crippen LogP contribution in [0.3, 0.4) is 0 Å². The normalized spacial score (nSPS) is 10.7. The molecule has 1 aromatic heterocycles. The second kappa shape index (κ2) is 6.85. The average Bonchev–Trinajstić information content (AvgIpc) is 2.60. The van der Waals surface area contributed by atoms with E-state index in [0.717, 1.165) is 22.0 Å². The predicted octanol–water partition coefficient (Wildman–Crippen LogP) is 4.20. The fourth-order valence-electron chi connectivity index (χ4n) is 2.86. The van der Waals surface area contributed by atoms with Gasteiger partial charge in [0.1, 0.15) is 0 Å². The van der Waals surface area contributed by atoms with Crippen LogP contribution in [-0.4, -0.2) is 23.3 Å². The molecular formula is C21H19NO3. The summed E-state index contributed by atoms with van der Waals surface area (Å²) in [6, 6.07) is 14.8. The number of nitrogens with zero attached hydrogens (tertiary/aromatic N) is 1. The molecule has 0 radical (unpaired) electrons. The van der Waals surface area contributed by atoms with Crippen LogP contribution in [0.25, 0.3) is 10.9 Å². The van der Waals surface area contributed by atoms with Crippen molar-refractivity contribution in [1.29, 1.82) is 0 Å². The van der Waals surface area contributed by atoms with Gasteiger partial charge in [-0.15, -0.1) is 0 Å². The van der Waals surface area contributed by atoms with Gasteiger partial charge in [-0.3, -0.25) is 9.78 Å². The second-order valence-electron chi connectivity index (χ2n) is 6.08. The van der Waals surface area contributed by atoms with E-state index in [1.807, 2.05) is 50.2 Å². The lowest BCUT2D eigenvalue weighted by Gasteiger charge is -2.12. The quantitative estimate of drug-likeness (QED) is 0.530. The Morgan fingerprint density at radius 1 is 0.960 bits per heavy atom. The smallest absolute Gasteiger partial charge is 0.340 e. The number of aryl methyl sites for hydroxylation is 3. The average molecular weight is 333 g/mol. The highest BCUT2D eigenvalue weighted by atomic mass is 16.5. The van der Waals surface area contributed by atoms with Crippen molar-refractivity contribution < 1.29 is 14.3 Å². The summed E-state index contributed by atoms with van der Waals surface area (Å²) in [5.41, 5.74) is 4.28. The minimum atomic E-state index is -0.520. The number of pyridine rings is 1. The van der Waals surface area contributed by atoms with E-state index in [1.165, 1.54) is 0 Å². The molecule has 0 N–H and O–H groups in total. The SMILES string of the molecule is Cc1ccc(C(=O)COC(=O)c2c(C)nc3ccccc3c2C)cc1. The van der Waals surface area contributed by atoms with Crippen LogP contribution < -0.4 is 0 Å². The van der Waals surface area contributed by atoms with E-state index >= 15 is 0 Å². The molecule has 0 spiro atoms. The van der Waals surface area contributed by atoms with E-state index in [0.29, 0.717) is 16.8 Å². The molecule has 25 heavy (non-hydrogen) atoms. The highest BCUT2D eigenvalue weighted by Crippen LogP contribution is 2.23. The molecule has 0 saturated carbocycles. The van der Waals surface area contributed by atoms with Crippen LogP contribution >= 0.6 is 0 Å². The number of benzene rings is 2. The zero-order valence-electron chi connectivity index (χ0n) is 14.5. The van der Waals surface area contributed by atoms with Crippen molar-refractivity contribution in [3.05, 3.63) is 76.5 Å². The molecule has 0 aliphatic heterocycles. The Hall–Kier alpha value is -3.01. The highest BCUT2D eigenvalue weighted by Gasteiger charge is 2.19. The third kappa shape index (κ3) is 3.43. The van der Waals surface area contributed by atoms with E-state index in [1.54, 1.807) is 19.1 Å². The molecule has 4 nitrogen and oxygen atoms in total. The largest absolute Gasteiger partial charge is 0.454 e. The molecule has 126 valence electrons. The van der Waals surface area contributed by atoms with Crippen LogP contribution in [-0.2, 0) is 4.74 Å². The van der Waals surface area contributed by atoms with Crippen molar-refractivity contribution in [2.24, 2.45) is 0 Å². The third-order valence-corrected chi connectivity index (χ3v) is 4.25. The van der Waals surface area contributed by atoms with Crippen molar-refractivity contribution in [1.82, 2.24) is 4.98 Å². The minimum absolute atomic E-state index is 0.225. The number of carbonyl (C=O) groups is 2. The first-order valence-electron chi connectivity index (χ1n) is 8.10. The molecule has 0 fully saturated rings. The Kier molecular flexibility index (Phi) is 4.61. The monoisotopic (exact) mass is 333 g/mol. The van der Waals surface area contributed by atoms with Crippen LogP contribution in [0.1, 0.15) is 37.5 Å². The Morgan fingerprint density at radius 3 is 2.36 bits per heavy atom. The minimum Gasteiger partial charge on any atom is -0.454 e. The summed E-state index contributed by atoms with van der Waals surface area (Å²) in [5, 5.41) is 0.907. The molecule has 0 saturated heterocycles. The van der Waals surface area contributed by atoms with Crippen LogP contribution in [0.15, 0.2) is 48.5 Å². The zero-order valence-corrected chi connectivity index (χ0v) is 14.5. The van der Waals surface area contributed by atoms with E-state index < -0.39 is 5.97 Å². The number of carbonyl (C=O) groups excluding carboxylic acids is 2. The second-order valence-corrected chi connectivity index (χ2v) is 6.08. The number of esters is 1. The summed E-state index contributed by atoms with van der Waals surface area (Å²) in [6.45, 7) is 5.31. The van der Waals surface area contributed by atoms with Gasteiger partial charge in [-0.05, 0) is 32.4 Å². The summed E-state index contributed by atoms with van der Waals surface area (Å²) in [4.78, 5) is 29.2. The fourth-order valence-corrected chi connectivity index (χ4v) is 2.86. The van der Waals surface area contributed by atoms with Gasteiger partial charge in [0.15, 0.2) is 12.4 Å². The first kappa shape index (κ1) is 16.8. The maximum atomic E-state index is 12.5. The number of ether oxygens (including phenoxy) is 1. The van der Waals surface area contributed by atoms with Crippen LogP contribution in [0.4, 0.5) is 0 Å². The molecule has 0 amide bonds. The summed E-state index contributed by atoms with van der Waals surface area (Å²) >= 11 is 0. The standard InChI is InChI=1S/C21H19NO3/c1-13-8-10-16(11-9-13)19(23)12-25-21(24)20-14(2)17-6-4-5-7-18(17)22-15(20)3/h4-11H,12H2,1-3H3. The Balaban J connectivity index is 1.80. The van der Waals surface area contributed by atoms with Gasteiger partial charge in [0.05, 0.1) is 16.8 Å². The Labute approximate surface area is 146 Å². The lowest BCUT2D eigenvalue weighted by Crippen LogP contribution is -2.16. The topological polar surface area (TPSA) is 56.3 Å². The van der Waals surface area contributed by atoms with Crippen molar-refractivity contribution in [3.8, 4) is 0 Å². The van der Waals surface area contributed by atoms with E-state index in [9.17, 15) is 9.59 Å². The molecule has 0 atom stereocenters. The van der Waals surface area contributed by atoms with Gasteiger partial charge in [0.2, 0.25) is 0 Å². The summed E-state index contributed by atoms with van der Waals surface area (Å²) < 4.78 is 5.26. The molecular weight excluding hydrogens is 314 g/mol. The first-order valence-corrected chi connectivity index (χ1v) is 8.10. The number of hydrogen-bond donors (Lipinski definition) is 0. The predicted molar refractivity (Wildman–Crippen MR) is 97.0 cm³/mol. The molecule has 1 heterocycles. The third-order valence-electron chi connectivity index (χ3n) is 4.25. The van der Waals surface area contributed by atoms with Crippen molar-refractivity contribution >= 4 is 22.7 Å². The van der Waals surface area contributed by atoms with Crippen LogP contribution in [0.2, 0.25) is 0 Å². The Morgan fingerprint density at radius 2 is 1.64 bits per heavy atom. The molecule has 0 bridgehead atoms. The van der Waals surface area contributed by atoms with E-state index in [-0.39, 0.29) is 12.4 Å². The summed E-state index contributed by atoms with van der Waals surface area (Å²) in [7, 11) is 0. The molecule has 0 aliphatic rings. The van der Waals surface area contributed by atoms with Gasteiger partial charge in [-0.1, -0.05) is 48.0 Å². The number of fused-ring (bicyclic) bond motifs is 1. The van der Waals surface area contributed by atoms with Crippen molar-refractivity contribution in [2.75, 3.05) is 6.61 Å². The number of hydrogen-bond acceptors (Lipinski definition) is 4. The van der Waals surface area contributed by atoms with E-state index in [4.69, 9.17) is 4.74 Å². The molecule has 0 unspecified atom stereocenters. The molecule has 3 aromatic rings. The molecule has 4 heteroatoms. The van der Waals surface area contributed by atoms with Crippen LogP contribution in [0, 0.1) is 20.8 Å². The lowest BCUT2D eigenvalue weighted by molar-refractivity contribution is 0.0473. The Bertz CT molecular complexity index is 959. The molecule has 3 rings (SSSR count). The lowest BCUT2D eigenvalue weighted by atomic mass is 10.0. The van der Waals surface area contributed by atoms with Gasteiger partial charge in [-0.25, -0.2) is 4.79 Å². The number of para-hydroxylation sites is 1. The zero-order chi connectivity index (χ0) is 18.0. The van der Waals surface area contributed by atoms with Gasteiger partial charge >= 0.3 is 5.97 Å². The molecule has 0 aliphatic carbocycles. The van der Waals surface area contributed by atoms with Gasteiger partial charge < -0.3 is 4.74 Å². The number of rotatable bonds is 4. The highest BCUT2D eigenvalue weighted by molar-refractivity contribution is 6.01. The van der Waals surface area contributed by atoms with Gasteiger partial charge in [0.25, 0.3) is 0 Å². The van der Waals surface area contributed by atoms with Crippen molar-refractivity contribution in [3.63, 3.8) is 0 Å². The number of aromatic nitrogens is 1. The maximum absolute atomic E-state index is 12.5. The fraction of sp³-hybridized carbons (Fsp3) is 0.190.